The van der Waals surface area contributed by atoms with Crippen LogP contribution >= 0.6 is 0 Å². The topological polar surface area (TPSA) is 99.4 Å². The number of aliphatic hydroxyl groups excluding tert-OH is 4. The van der Waals surface area contributed by atoms with Crippen LogP contribution < -0.4 is 0 Å². The molecule has 0 radical (unpaired) electrons. The van der Waals surface area contributed by atoms with Crippen molar-refractivity contribution in [1.29, 1.82) is 0 Å². The van der Waals surface area contributed by atoms with Crippen molar-refractivity contribution in [3.8, 4) is 0 Å². The van der Waals surface area contributed by atoms with Crippen LogP contribution in [0.3, 0.4) is 0 Å². The van der Waals surface area contributed by atoms with Crippen molar-refractivity contribution in [2.75, 3.05) is 6.61 Å². The molecule has 1 rings (SSSR count). The first-order chi connectivity index (χ1) is 14.1. The molecule has 0 aliphatic carbocycles. The lowest BCUT2D eigenvalue weighted by atomic mass is 9.92. The number of hydrogen-bond donors (Lipinski definition) is 4. The molecule has 0 aromatic heterocycles. The first kappa shape index (κ1) is 27.8. The van der Waals surface area contributed by atoms with Crippen LogP contribution in [0.2, 0.25) is 0 Å². The van der Waals surface area contributed by atoms with Crippen LogP contribution in [-0.2, 0) is 9.47 Å². The van der Waals surface area contributed by atoms with E-state index in [1.807, 2.05) is 6.92 Å². The predicted octanol–water partition coefficient (Wildman–Crippen LogP) is 3.63. The van der Waals surface area contributed by atoms with Crippen molar-refractivity contribution in [1.82, 2.24) is 0 Å². The number of aliphatic hydroxyl groups is 4. The summed E-state index contributed by atoms with van der Waals surface area (Å²) >= 11 is 0. The molecule has 1 aliphatic heterocycles. The maximum absolute atomic E-state index is 10.1. The van der Waals surface area contributed by atoms with E-state index in [1.54, 1.807) is 0 Å². The van der Waals surface area contributed by atoms with Crippen LogP contribution in [0.15, 0.2) is 0 Å². The summed E-state index contributed by atoms with van der Waals surface area (Å²) in [5.74, 6) is 2.32. The van der Waals surface area contributed by atoms with Crippen molar-refractivity contribution in [3.63, 3.8) is 0 Å². The van der Waals surface area contributed by atoms with Gasteiger partial charge in [0.25, 0.3) is 0 Å². The van der Waals surface area contributed by atoms with Crippen LogP contribution in [-0.4, -0.2) is 63.8 Å². The highest BCUT2D eigenvalue weighted by atomic mass is 16.7. The van der Waals surface area contributed by atoms with Gasteiger partial charge < -0.3 is 29.9 Å². The lowest BCUT2D eigenvalue weighted by molar-refractivity contribution is -0.310. The molecule has 6 heteroatoms. The SMILES string of the molecule is CC(C)CCCC(C)CCCC(C)CCCC(C)O[C@H]1O[C@H](CO)[C@@H](O)[C@H](O)[C@H]1O. The Balaban J connectivity index is 2.17. The summed E-state index contributed by atoms with van der Waals surface area (Å²) < 4.78 is 11.2. The Labute approximate surface area is 184 Å². The Morgan fingerprint density at radius 3 is 1.70 bits per heavy atom. The maximum Gasteiger partial charge on any atom is 0.186 e. The molecule has 0 spiro atoms. The van der Waals surface area contributed by atoms with Gasteiger partial charge in [0.2, 0.25) is 0 Å². The van der Waals surface area contributed by atoms with Crippen molar-refractivity contribution in [2.24, 2.45) is 17.8 Å². The summed E-state index contributed by atoms with van der Waals surface area (Å²) in [5, 5.41) is 39.0. The first-order valence-electron chi connectivity index (χ1n) is 12.1. The zero-order chi connectivity index (χ0) is 22.7. The lowest BCUT2D eigenvalue weighted by Gasteiger charge is -2.40. The number of hydrogen-bond acceptors (Lipinski definition) is 6. The Morgan fingerprint density at radius 1 is 0.700 bits per heavy atom. The van der Waals surface area contributed by atoms with Crippen molar-refractivity contribution >= 4 is 0 Å². The first-order valence-corrected chi connectivity index (χ1v) is 12.1. The van der Waals surface area contributed by atoms with Gasteiger partial charge in [-0.15, -0.1) is 0 Å². The monoisotopic (exact) mass is 432 g/mol. The molecule has 1 heterocycles. The van der Waals surface area contributed by atoms with Gasteiger partial charge in [0.15, 0.2) is 6.29 Å². The Bertz CT molecular complexity index is 430. The minimum absolute atomic E-state index is 0.139. The smallest absolute Gasteiger partial charge is 0.186 e. The maximum atomic E-state index is 10.1. The molecule has 8 atom stereocenters. The van der Waals surface area contributed by atoms with Gasteiger partial charge in [0.1, 0.15) is 24.4 Å². The molecule has 0 aromatic carbocycles. The van der Waals surface area contributed by atoms with E-state index in [0.717, 1.165) is 31.1 Å². The molecule has 0 aromatic rings. The van der Waals surface area contributed by atoms with Gasteiger partial charge in [-0.3, -0.25) is 0 Å². The second-order valence-corrected chi connectivity index (χ2v) is 10.0. The highest BCUT2D eigenvalue weighted by Crippen LogP contribution is 2.25. The molecule has 4 N–H and O–H groups in total. The second-order valence-electron chi connectivity index (χ2n) is 10.0. The van der Waals surface area contributed by atoms with E-state index in [9.17, 15) is 20.4 Å². The van der Waals surface area contributed by atoms with Crippen LogP contribution in [0, 0.1) is 17.8 Å². The average Bonchev–Trinajstić information content (AvgIpc) is 2.68. The average molecular weight is 433 g/mol. The summed E-state index contributed by atoms with van der Waals surface area (Å²) in [4.78, 5) is 0. The number of ether oxygens (including phenoxy) is 2. The zero-order valence-electron chi connectivity index (χ0n) is 19.9. The van der Waals surface area contributed by atoms with Gasteiger partial charge in [-0.1, -0.05) is 79.1 Å². The standard InChI is InChI=1S/C24H48O6/c1-16(2)9-6-10-17(3)11-7-12-18(4)13-8-14-19(5)29-24-23(28)22(27)21(26)20(15-25)30-24/h16-28H,6-15H2,1-5H3/t17?,18?,19?,20-,21-,22+,23-,24+/m1/s1. The summed E-state index contributed by atoms with van der Waals surface area (Å²) in [6, 6.07) is 0. The van der Waals surface area contributed by atoms with E-state index >= 15 is 0 Å². The van der Waals surface area contributed by atoms with E-state index in [0.29, 0.717) is 5.92 Å². The van der Waals surface area contributed by atoms with Crippen LogP contribution in [0.4, 0.5) is 0 Å². The van der Waals surface area contributed by atoms with Crippen LogP contribution in [0.25, 0.3) is 0 Å². The van der Waals surface area contributed by atoms with Crippen molar-refractivity contribution in [3.05, 3.63) is 0 Å². The van der Waals surface area contributed by atoms with Gasteiger partial charge in [0, 0.05) is 0 Å². The number of rotatable bonds is 15. The summed E-state index contributed by atoms with van der Waals surface area (Å²) in [6.07, 6.45) is 4.75. The van der Waals surface area contributed by atoms with E-state index in [2.05, 4.69) is 27.7 Å². The minimum Gasteiger partial charge on any atom is -0.394 e. The largest absolute Gasteiger partial charge is 0.394 e. The lowest BCUT2D eigenvalue weighted by Crippen LogP contribution is -2.59. The fraction of sp³-hybridized carbons (Fsp3) is 1.00. The molecule has 0 amide bonds. The third-order valence-corrected chi connectivity index (χ3v) is 6.39. The van der Waals surface area contributed by atoms with Crippen molar-refractivity contribution in [2.45, 2.75) is 129 Å². The third-order valence-electron chi connectivity index (χ3n) is 6.39. The molecular formula is C24H48O6. The van der Waals surface area contributed by atoms with E-state index in [1.165, 1.54) is 38.5 Å². The highest BCUT2D eigenvalue weighted by molar-refractivity contribution is 4.89. The fourth-order valence-corrected chi connectivity index (χ4v) is 4.21. The molecule has 0 bridgehead atoms. The predicted molar refractivity (Wildman–Crippen MR) is 119 cm³/mol. The molecular weight excluding hydrogens is 384 g/mol. The summed E-state index contributed by atoms with van der Waals surface area (Å²) in [5.41, 5.74) is 0. The van der Waals surface area contributed by atoms with E-state index in [-0.39, 0.29) is 6.10 Å². The zero-order valence-corrected chi connectivity index (χ0v) is 19.9. The second kappa shape index (κ2) is 14.8. The third kappa shape index (κ3) is 10.4. The molecule has 1 aliphatic rings. The van der Waals surface area contributed by atoms with Gasteiger partial charge >= 0.3 is 0 Å². The highest BCUT2D eigenvalue weighted by Gasteiger charge is 2.44. The fourth-order valence-electron chi connectivity index (χ4n) is 4.21. The molecule has 3 unspecified atom stereocenters. The molecule has 1 saturated heterocycles. The molecule has 6 nitrogen and oxygen atoms in total. The quantitative estimate of drug-likeness (QED) is 0.315. The molecule has 0 saturated carbocycles. The van der Waals surface area contributed by atoms with E-state index in [4.69, 9.17) is 9.47 Å². The Kier molecular flexibility index (Phi) is 13.7. The van der Waals surface area contributed by atoms with Gasteiger partial charge in [-0.05, 0) is 31.1 Å². The summed E-state index contributed by atoms with van der Waals surface area (Å²) in [7, 11) is 0. The van der Waals surface area contributed by atoms with Crippen LogP contribution in [0.1, 0.15) is 92.4 Å². The van der Waals surface area contributed by atoms with Gasteiger partial charge in [-0.25, -0.2) is 0 Å². The van der Waals surface area contributed by atoms with Gasteiger partial charge in [-0.2, -0.15) is 0 Å². The molecule has 180 valence electrons. The van der Waals surface area contributed by atoms with E-state index < -0.39 is 37.3 Å². The molecule has 30 heavy (non-hydrogen) atoms. The summed E-state index contributed by atoms with van der Waals surface area (Å²) in [6.45, 7) is 10.8. The Morgan fingerprint density at radius 2 is 1.20 bits per heavy atom. The minimum atomic E-state index is -1.39. The molecule has 1 fully saturated rings. The Hall–Kier alpha value is -0.240. The normalized spacial score (nSPS) is 30.4. The van der Waals surface area contributed by atoms with Gasteiger partial charge in [0.05, 0.1) is 12.7 Å². The van der Waals surface area contributed by atoms with Crippen molar-refractivity contribution < 1.29 is 29.9 Å². The van der Waals surface area contributed by atoms with Crippen LogP contribution in [0.5, 0.6) is 0 Å².